The van der Waals surface area contributed by atoms with Crippen LogP contribution < -0.4 is 10.0 Å². The van der Waals surface area contributed by atoms with E-state index in [-0.39, 0.29) is 6.04 Å². The van der Waals surface area contributed by atoms with Gasteiger partial charge < -0.3 is 5.32 Å². The Labute approximate surface area is 217 Å². The lowest BCUT2D eigenvalue weighted by Crippen LogP contribution is -2.14. The number of hydrogen-bond donors (Lipinski definition) is 2. The van der Waals surface area contributed by atoms with Crippen LogP contribution in [0.1, 0.15) is 23.6 Å². The normalized spacial score (nSPS) is 12.2. The Kier molecular flexibility index (Phi) is 7.14. The molecule has 0 saturated carbocycles. The Bertz CT molecular complexity index is 1590. The van der Waals surface area contributed by atoms with Gasteiger partial charge in [0.15, 0.2) is 5.82 Å². The van der Waals surface area contributed by atoms with Gasteiger partial charge in [0.25, 0.3) is 0 Å². The van der Waals surface area contributed by atoms with E-state index in [4.69, 9.17) is 9.97 Å². The van der Waals surface area contributed by atoms with Crippen molar-refractivity contribution in [2.24, 2.45) is 0 Å². The molecule has 37 heavy (non-hydrogen) atoms. The first kappa shape index (κ1) is 24.5. The van der Waals surface area contributed by atoms with Gasteiger partial charge in [-0.25, -0.2) is 18.4 Å². The van der Waals surface area contributed by atoms with Crippen molar-refractivity contribution in [1.29, 1.82) is 0 Å². The summed E-state index contributed by atoms with van der Waals surface area (Å²) in [6.45, 7) is 0. The Morgan fingerprint density at radius 3 is 2.11 bits per heavy atom. The first-order valence-electron chi connectivity index (χ1n) is 12.1. The molecule has 0 aliphatic heterocycles. The number of benzene rings is 4. The minimum atomic E-state index is -3.35. The van der Waals surface area contributed by atoms with Crippen LogP contribution in [0.2, 0.25) is 0 Å². The van der Waals surface area contributed by atoms with E-state index in [9.17, 15) is 8.42 Å². The van der Waals surface area contributed by atoms with Crippen molar-refractivity contribution in [3.8, 4) is 11.4 Å². The summed E-state index contributed by atoms with van der Waals surface area (Å²) >= 11 is 0. The quantitative estimate of drug-likeness (QED) is 0.239. The van der Waals surface area contributed by atoms with Gasteiger partial charge in [0.2, 0.25) is 10.0 Å². The summed E-state index contributed by atoms with van der Waals surface area (Å²) in [5, 5.41) is 4.66. The third-order valence-corrected chi connectivity index (χ3v) is 6.73. The summed E-state index contributed by atoms with van der Waals surface area (Å²) < 4.78 is 25.6. The highest BCUT2D eigenvalue weighted by Gasteiger charge is 2.16. The average molecular weight is 509 g/mol. The van der Waals surface area contributed by atoms with Crippen molar-refractivity contribution in [1.82, 2.24) is 9.97 Å². The molecular formula is C30H28N4O2S. The second kappa shape index (κ2) is 10.8. The molecule has 0 bridgehead atoms. The van der Waals surface area contributed by atoms with Gasteiger partial charge in [0.05, 0.1) is 17.8 Å². The van der Waals surface area contributed by atoms with E-state index in [0.717, 1.165) is 41.4 Å². The number of nitrogens with zero attached hydrogens (tertiary/aromatic N) is 2. The van der Waals surface area contributed by atoms with Crippen LogP contribution in [0.3, 0.4) is 0 Å². The minimum absolute atomic E-state index is 0.0499. The Morgan fingerprint density at radius 2 is 1.41 bits per heavy atom. The van der Waals surface area contributed by atoms with Gasteiger partial charge in [-0.1, -0.05) is 72.8 Å². The molecule has 1 unspecified atom stereocenters. The summed E-state index contributed by atoms with van der Waals surface area (Å²) in [6, 6.07) is 36.0. The number of aryl methyl sites for hydroxylation is 1. The Morgan fingerprint density at radius 1 is 0.757 bits per heavy atom. The van der Waals surface area contributed by atoms with Crippen molar-refractivity contribution >= 4 is 32.4 Å². The molecule has 4 aromatic carbocycles. The van der Waals surface area contributed by atoms with Crippen LogP contribution in [0.25, 0.3) is 22.3 Å². The van der Waals surface area contributed by atoms with Crippen LogP contribution in [0.15, 0.2) is 109 Å². The predicted octanol–water partition coefficient (Wildman–Crippen LogP) is 6.45. The van der Waals surface area contributed by atoms with Gasteiger partial charge in [-0.15, -0.1) is 0 Å². The van der Waals surface area contributed by atoms with Gasteiger partial charge in [-0.05, 0) is 60.4 Å². The van der Waals surface area contributed by atoms with Gasteiger partial charge in [0.1, 0.15) is 5.82 Å². The van der Waals surface area contributed by atoms with Crippen molar-refractivity contribution in [2.75, 3.05) is 16.3 Å². The lowest BCUT2D eigenvalue weighted by atomic mass is 9.98. The van der Waals surface area contributed by atoms with Crippen LogP contribution in [0.5, 0.6) is 0 Å². The molecule has 1 atom stereocenters. The number of nitrogens with one attached hydrogen (secondary N) is 2. The average Bonchev–Trinajstić information content (AvgIpc) is 2.91. The van der Waals surface area contributed by atoms with Gasteiger partial charge >= 0.3 is 0 Å². The van der Waals surface area contributed by atoms with Crippen LogP contribution in [-0.2, 0) is 16.4 Å². The molecule has 0 saturated heterocycles. The highest BCUT2D eigenvalue weighted by molar-refractivity contribution is 7.92. The van der Waals surface area contributed by atoms with E-state index in [1.165, 1.54) is 11.1 Å². The number of hydrogen-bond acceptors (Lipinski definition) is 5. The van der Waals surface area contributed by atoms with E-state index >= 15 is 0 Å². The molecule has 1 heterocycles. The maximum Gasteiger partial charge on any atom is 0.229 e. The van der Waals surface area contributed by atoms with Crippen molar-refractivity contribution in [3.63, 3.8) is 0 Å². The molecule has 0 aliphatic rings. The predicted molar refractivity (Wildman–Crippen MR) is 151 cm³/mol. The Balaban J connectivity index is 1.50. The molecule has 1 aromatic heterocycles. The third-order valence-electron chi connectivity index (χ3n) is 6.13. The van der Waals surface area contributed by atoms with Crippen LogP contribution >= 0.6 is 0 Å². The molecular weight excluding hydrogens is 480 g/mol. The number of anilines is 2. The zero-order valence-electron chi connectivity index (χ0n) is 20.5. The summed E-state index contributed by atoms with van der Waals surface area (Å²) in [4.78, 5) is 9.73. The van der Waals surface area contributed by atoms with Crippen molar-refractivity contribution in [3.05, 3.63) is 120 Å². The molecule has 0 spiro atoms. The SMILES string of the molecule is CS(=O)(=O)Nc1ccc(-c2nc(NC(CCc3ccccc3)c3ccccc3)c3ccccc3n2)cc1. The maximum atomic E-state index is 11.6. The molecule has 6 nitrogen and oxygen atoms in total. The maximum absolute atomic E-state index is 11.6. The smallest absolute Gasteiger partial charge is 0.229 e. The number of para-hydroxylation sites is 1. The molecule has 0 radical (unpaired) electrons. The molecule has 0 aliphatic carbocycles. The molecule has 186 valence electrons. The second-order valence-electron chi connectivity index (χ2n) is 9.00. The van der Waals surface area contributed by atoms with E-state index in [1.54, 1.807) is 12.1 Å². The van der Waals surface area contributed by atoms with Gasteiger partial charge in [0, 0.05) is 16.6 Å². The number of aromatic nitrogens is 2. The standard InChI is InChI=1S/C30H28N4O2S/c1-37(35,36)34-25-19-17-24(18-20-25)29-32-28-15-9-8-14-26(28)30(33-29)31-27(23-12-6-3-7-13-23)21-16-22-10-4-2-5-11-22/h2-15,17-20,27,34H,16,21H2,1H3,(H,31,32,33). The number of rotatable bonds is 9. The lowest BCUT2D eigenvalue weighted by Gasteiger charge is -2.21. The van der Waals surface area contributed by atoms with E-state index in [2.05, 4.69) is 58.6 Å². The molecule has 5 aromatic rings. The molecule has 5 rings (SSSR count). The third kappa shape index (κ3) is 6.32. The zero-order chi connectivity index (χ0) is 25.7. The second-order valence-corrected chi connectivity index (χ2v) is 10.7. The molecule has 2 N–H and O–H groups in total. The van der Waals surface area contributed by atoms with E-state index < -0.39 is 10.0 Å². The van der Waals surface area contributed by atoms with Gasteiger partial charge in [-0.3, -0.25) is 4.72 Å². The summed E-state index contributed by atoms with van der Waals surface area (Å²) in [5.41, 5.74) is 4.62. The fourth-order valence-corrected chi connectivity index (χ4v) is 4.91. The van der Waals surface area contributed by atoms with Crippen molar-refractivity contribution < 1.29 is 8.42 Å². The van der Waals surface area contributed by atoms with E-state index in [0.29, 0.717) is 11.5 Å². The highest BCUT2D eigenvalue weighted by Crippen LogP contribution is 2.30. The summed E-state index contributed by atoms with van der Waals surface area (Å²) in [6.07, 6.45) is 2.96. The first-order valence-corrected chi connectivity index (χ1v) is 14.0. The van der Waals surface area contributed by atoms with Crippen LogP contribution in [-0.4, -0.2) is 24.6 Å². The Hall–Kier alpha value is -4.23. The monoisotopic (exact) mass is 508 g/mol. The number of sulfonamides is 1. The van der Waals surface area contributed by atoms with Gasteiger partial charge in [-0.2, -0.15) is 0 Å². The minimum Gasteiger partial charge on any atom is -0.363 e. The van der Waals surface area contributed by atoms with E-state index in [1.807, 2.05) is 48.5 Å². The lowest BCUT2D eigenvalue weighted by molar-refractivity contribution is 0.607. The van der Waals surface area contributed by atoms with Crippen molar-refractivity contribution in [2.45, 2.75) is 18.9 Å². The number of fused-ring (bicyclic) bond motifs is 1. The molecule has 0 fully saturated rings. The topological polar surface area (TPSA) is 84.0 Å². The fraction of sp³-hybridized carbons (Fsp3) is 0.133. The highest BCUT2D eigenvalue weighted by atomic mass is 32.2. The fourth-order valence-electron chi connectivity index (χ4n) is 4.35. The molecule has 7 heteroatoms. The first-order chi connectivity index (χ1) is 17.9. The largest absolute Gasteiger partial charge is 0.363 e. The molecule has 0 amide bonds. The summed E-state index contributed by atoms with van der Waals surface area (Å²) in [7, 11) is -3.35. The van der Waals surface area contributed by atoms with Crippen LogP contribution in [0.4, 0.5) is 11.5 Å². The zero-order valence-corrected chi connectivity index (χ0v) is 21.3. The summed E-state index contributed by atoms with van der Waals surface area (Å²) in [5.74, 6) is 1.34. The van der Waals surface area contributed by atoms with Crippen LogP contribution in [0, 0.1) is 0 Å².